The number of rotatable bonds is 7. The number of carbonyl (C=O) groups is 1. The van der Waals surface area contributed by atoms with Crippen molar-refractivity contribution in [2.24, 2.45) is 5.92 Å². The van der Waals surface area contributed by atoms with Gasteiger partial charge < -0.3 is 9.88 Å². The van der Waals surface area contributed by atoms with Gasteiger partial charge in [0.2, 0.25) is 5.91 Å². The van der Waals surface area contributed by atoms with Crippen LogP contribution in [0.2, 0.25) is 0 Å². The van der Waals surface area contributed by atoms with E-state index in [9.17, 15) is 4.79 Å². The number of carbonyl (C=O) groups excluding carboxylic acids is 1. The molecule has 4 nitrogen and oxygen atoms in total. The van der Waals surface area contributed by atoms with Gasteiger partial charge in [0.1, 0.15) is 5.82 Å². The summed E-state index contributed by atoms with van der Waals surface area (Å²) in [6.07, 6.45) is 1.48. The third-order valence-corrected chi connectivity index (χ3v) is 4.24. The van der Waals surface area contributed by atoms with Crippen LogP contribution in [0.3, 0.4) is 0 Å². The maximum atomic E-state index is 12.0. The van der Waals surface area contributed by atoms with Gasteiger partial charge in [0.05, 0.1) is 17.6 Å². The minimum absolute atomic E-state index is 0.0802. The van der Waals surface area contributed by atoms with E-state index in [-0.39, 0.29) is 5.91 Å². The Bertz CT molecular complexity index is 837. The highest BCUT2D eigenvalue weighted by Gasteiger charge is 2.12. The third kappa shape index (κ3) is 4.47. The van der Waals surface area contributed by atoms with Crippen molar-refractivity contribution in [1.82, 2.24) is 14.9 Å². The normalized spacial score (nSPS) is 11.2. The van der Waals surface area contributed by atoms with Gasteiger partial charge in [0, 0.05) is 13.0 Å². The molecule has 3 rings (SSSR count). The fourth-order valence-electron chi connectivity index (χ4n) is 3.02. The predicted octanol–water partition coefficient (Wildman–Crippen LogP) is 3.94. The fraction of sp³-hybridized carbons (Fsp3) is 0.333. The summed E-state index contributed by atoms with van der Waals surface area (Å²) in [5.74, 6) is 1.35. The first kappa shape index (κ1) is 17.2. The monoisotopic (exact) mass is 335 g/mol. The summed E-state index contributed by atoms with van der Waals surface area (Å²) >= 11 is 0. The van der Waals surface area contributed by atoms with E-state index < -0.39 is 0 Å². The highest BCUT2D eigenvalue weighted by atomic mass is 16.1. The van der Waals surface area contributed by atoms with Crippen LogP contribution >= 0.6 is 0 Å². The molecule has 130 valence electrons. The van der Waals surface area contributed by atoms with E-state index in [2.05, 4.69) is 54.1 Å². The number of nitrogens with one attached hydrogen (secondary N) is 1. The van der Waals surface area contributed by atoms with Gasteiger partial charge in [-0.05, 0) is 30.0 Å². The number of nitrogens with zero attached hydrogens (tertiary/aromatic N) is 2. The van der Waals surface area contributed by atoms with Gasteiger partial charge in [0.15, 0.2) is 0 Å². The summed E-state index contributed by atoms with van der Waals surface area (Å²) in [7, 11) is 0. The van der Waals surface area contributed by atoms with Gasteiger partial charge >= 0.3 is 0 Å². The van der Waals surface area contributed by atoms with E-state index in [0.717, 1.165) is 29.8 Å². The molecule has 1 N–H and O–H groups in total. The third-order valence-electron chi connectivity index (χ3n) is 4.24. The molecule has 0 radical (unpaired) electrons. The molecule has 0 saturated carbocycles. The molecule has 1 amide bonds. The minimum atomic E-state index is 0.0802. The van der Waals surface area contributed by atoms with Crippen LogP contribution < -0.4 is 5.32 Å². The van der Waals surface area contributed by atoms with Crippen LogP contribution in [0.15, 0.2) is 54.6 Å². The minimum Gasteiger partial charge on any atom is -0.349 e. The summed E-state index contributed by atoms with van der Waals surface area (Å²) in [5.41, 5.74) is 3.39. The molecule has 2 aromatic carbocycles. The molecular formula is C21H25N3O. The topological polar surface area (TPSA) is 46.9 Å². The molecule has 25 heavy (non-hydrogen) atoms. The molecule has 0 bridgehead atoms. The lowest BCUT2D eigenvalue weighted by atomic mass is 10.1. The molecule has 1 aromatic heterocycles. The Morgan fingerprint density at radius 1 is 1.08 bits per heavy atom. The van der Waals surface area contributed by atoms with Gasteiger partial charge in [0.25, 0.3) is 0 Å². The Balaban J connectivity index is 1.78. The summed E-state index contributed by atoms with van der Waals surface area (Å²) in [6, 6.07) is 18.6. The molecular weight excluding hydrogens is 310 g/mol. The number of para-hydroxylation sites is 2. The maximum Gasteiger partial charge on any atom is 0.220 e. The van der Waals surface area contributed by atoms with Crippen molar-refractivity contribution in [3.05, 3.63) is 66.0 Å². The second-order valence-corrected chi connectivity index (χ2v) is 6.78. The number of hydrogen-bond acceptors (Lipinski definition) is 2. The van der Waals surface area contributed by atoms with Gasteiger partial charge in [-0.1, -0.05) is 56.3 Å². The molecule has 0 spiro atoms. The number of amides is 1. The lowest BCUT2D eigenvalue weighted by Gasteiger charge is -2.11. The van der Waals surface area contributed by atoms with Gasteiger partial charge in [-0.15, -0.1) is 0 Å². The molecule has 0 unspecified atom stereocenters. The van der Waals surface area contributed by atoms with E-state index in [1.807, 2.05) is 24.3 Å². The number of aryl methyl sites for hydroxylation is 2. The predicted molar refractivity (Wildman–Crippen MR) is 101 cm³/mol. The zero-order chi connectivity index (χ0) is 17.6. The van der Waals surface area contributed by atoms with Crippen LogP contribution in [0, 0.1) is 5.92 Å². The molecule has 0 saturated heterocycles. The van der Waals surface area contributed by atoms with E-state index in [1.54, 1.807) is 0 Å². The first-order valence-corrected chi connectivity index (χ1v) is 8.88. The number of imidazole rings is 1. The largest absolute Gasteiger partial charge is 0.349 e. The summed E-state index contributed by atoms with van der Waals surface area (Å²) < 4.78 is 2.22. The molecule has 1 heterocycles. The smallest absolute Gasteiger partial charge is 0.220 e. The van der Waals surface area contributed by atoms with Crippen molar-refractivity contribution < 1.29 is 4.79 Å². The zero-order valence-electron chi connectivity index (χ0n) is 14.9. The van der Waals surface area contributed by atoms with Crippen LogP contribution in [0.4, 0.5) is 0 Å². The van der Waals surface area contributed by atoms with Crippen molar-refractivity contribution in [1.29, 1.82) is 0 Å². The number of hydrogen-bond donors (Lipinski definition) is 1. The Kier molecular flexibility index (Phi) is 5.49. The van der Waals surface area contributed by atoms with E-state index >= 15 is 0 Å². The van der Waals surface area contributed by atoms with Crippen LogP contribution in [0.5, 0.6) is 0 Å². The highest BCUT2D eigenvalue weighted by Crippen LogP contribution is 2.17. The van der Waals surface area contributed by atoms with Crippen molar-refractivity contribution >= 4 is 16.9 Å². The second-order valence-electron chi connectivity index (χ2n) is 6.78. The van der Waals surface area contributed by atoms with Crippen LogP contribution in [0.25, 0.3) is 11.0 Å². The first-order chi connectivity index (χ1) is 12.1. The van der Waals surface area contributed by atoms with Crippen LogP contribution in [-0.2, 0) is 24.3 Å². The molecule has 4 heteroatoms. The standard InChI is InChI=1S/C21H25N3O/c1-16(2)14-21(25)22-15-20-23-18-10-6-7-11-19(18)24(20)13-12-17-8-4-3-5-9-17/h3-11,16H,12-15H2,1-2H3,(H,22,25). The van der Waals surface area contributed by atoms with Gasteiger partial charge in [-0.25, -0.2) is 4.98 Å². The average molecular weight is 335 g/mol. The van der Waals surface area contributed by atoms with Crippen molar-refractivity contribution in [3.63, 3.8) is 0 Å². The molecule has 0 aliphatic heterocycles. The lowest BCUT2D eigenvalue weighted by Crippen LogP contribution is -2.25. The van der Waals surface area contributed by atoms with Crippen molar-refractivity contribution in [2.45, 2.75) is 39.8 Å². The first-order valence-electron chi connectivity index (χ1n) is 8.88. The Morgan fingerprint density at radius 2 is 1.80 bits per heavy atom. The number of fused-ring (bicyclic) bond motifs is 1. The van der Waals surface area contributed by atoms with E-state index in [1.165, 1.54) is 5.56 Å². The molecule has 0 atom stereocenters. The Hall–Kier alpha value is -2.62. The lowest BCUT2D eigenvalue weighted by molar-refractivity contribution is -0.122. The van der Waals surface area contributed by atoms with Crippen LogP contribution in [0.1, 0.15) is 31.7 Å². The van der Waals surface area contributed by atoms with Gasteiger partial charge in [-0.2, -0.15) is 0 Å². The number of benzene rings is 2. The van der Waals surface area contributed by atoms with Crippen molar-refractivity contribution in [2.75, 3.05) is 0 Å². The zero-order valence-corrected chi connectivity index (χ0v) is 14.9. The van der Waals surface area contributed by atoms with E-state index in [0.29, 0.717) is 18.9 Å². The summed E-state index contributed by atoms with van der Waals surface area (Å²) in [4.78, 5) is 16.7. The SMILES string of the molecule is CC(C)CC(=O)NCc1nc2ccccc2n1CCc1ccccc1. The van der Waals surface area contributed by atoms with Gasteiger partial charge in [-0.3, -0.25) is 4.79 Å². The molecule has 0 aliphatic rings. The fourth-order valence-corrected chi connectivity index (χ4v) is 3.02. The van der Waals surface area contributed by atoms with Crippen LogP contribution in [-0.4, -0.2) is 15.5 Å². The quantitative estimate of drug-likeness (QED) is 0.711. The molecule has 0 fully saturated rings. The Morgan fingerprint density at radius 3 is 2.56 bits per heavy atom. The highest BCUT2D eigenvalue weighted by molar-refractivity contribution is 5.77. The number of aromatic nitrogens is 2. The summed E-state index contributed by atoms with van der Waals surface area (Å²) in [6.45, 7) is 5.41. The van der Waals surface area contributed by atoms with Crippen molar-refractivity contribution in [3.8, 4) is 0 Å². The summed E-state index contributed by atoms with van der Waals surface area (Å²) in [5, 5.41) is 3.01. The molecule has 3 aromatic rings. The molecule has 0 aliphatic carbocycles. The maximum absolute atomic E-state index is 12.0. The average Bonchev–Trinajstić information content (AvgIpc) is 2.96. The van der Waals surface area contributed by atoms with E-state index in [4.69, 9.17) is 4.98 Å². The Labute approximate surface area is 148 Å². The second kappa shape index (κ2) is 7.97.